The van der Waals surface area contributed by atoms with Gasteiger partial charge in [-0.25, -0.2) is 0 Å². The van der Waals surface area contributed by atoms with Crippen LogP contribution in [0.15, 0.2) is 48.5 Å². The van der Waals surface area contributed by atoms with Gasteiger partial charge in [0.15, 0.2) is 5.78 Å². The average Bonchev–Trinajstić information content (AvgIpc) is 2.75. The molecular formula is C19H17ClO2. The summed E-state index contributed by atoms with van der Waals surface area (Å²) in [5.74, 6) is 1.25. The molecule has 4 rings (SSSR count). The number of halogens is 1. The number of hydrogen-bond donors (Lipinski definition) is 0. The summed E-state index contributed by atoms with van der Waals surface area (Å²) in [6, 6.07) is 16.3. The summed E-state index contributed by atoms with van der Waals surface area (Å²) in [6.45, 7) is 0. The van der Waals surface area contributed by atoms with Gasteiger partial charge in [0.1, 0.15) is 5.75 Å². The molecule has 4 atom stereocenters. The molecule has 0 saturated heterocycles. The van der Waals surface area contributed by atoms with E-state index in [1.165, 1.54) is 11.1 Å². The zero-order chi connectivity index (χ0) is 15.3. The third-order valence-corrected chi connectivity index (χ3v) is 5.64. The van der Waals surface area contributed by atoms with Crippen LogP contribution in [0.3, 0.4) is 0 Å². The standard InChI is InChI=1S/C19H17ClO2/c1-22-13-7-8-14-12(9-13)10-15-16(11-5-3-2-4-6-11)17(14)19(21)18(15)20/h2-9,15-18H,10H2,1H3/t15-,16?,17+,18-/m1/s1. The first kappa shape index (κ1) is 13.8. The number of alkyl halides is 1. The van der Waals surface area contributed by atoms with Crippen LogP contribution in [0.1, 0.15) is 28.5 Å². The van der Waals surface area contributed by atoms with Gasteiger partial charge >= 0.3 is 0 Å². The number of ether oxygens (including phenoxy) is 1. The number of rotatable bonds is 2. The van der Waals surface area contributed by atoms with Gasteiger partial charge in [-0.05, 0) is 41.2 Å². The number of Topliss-reactive ketones (excluding diaryl/α,β-unsaturated/α-hetero) is 1. The zero-order valence-corrected chi connectivity index (χ0v) is 13.1. The molecule has 0 heterocycles. The topological polar surface area (TPSA) is 26.3 Å². The van der Waals surface area contributed by atoms with Crippen LogP contribution in [0.2, 0.25) is 0 Å². The fourth-order valence-corrected chi connectivity index (χ4v) is 4.51. The molecule has 0 N–H and O–H groups in total. The zero-order valence-electron chi connectivity index (χ0n) is 12.3. The van der Waals surface area contributed by atoms with Crippen molar-refractivity contribution in [1.82, 2.24) is 0 Å². The van der Waals surface area contributed by atoms with Crippen LogP contribution >= 0.6 is 11.6 Å². The van der Waals surface area contributed by atoms with Crippen LogP contribution in [0.4, 0.5) is 0 Å². The van der Waals surface area contributed by atoms with E-state index in [1.807, 2.05) is 30.3 Å². The van der Waals surface area contributed by atoms with Crippen molar-refractivity contribution in [2.24, 2.45) is 5.92 Å². The fraction of sp³-hybridized carbons (Fsp3) is 0.316. The lowest BCUT2D eigenvalue weighted by Gasteiger charge is -2.32. The van der Waals surface area contributed by atoms with Crippen molar-refractivity contribution in [3.05, 3.63) is 65.2 Å². The number of methoxy groups -OCH3 is 1. The van der Waals surface area contributed by atoms with Crippen molar-refractivity contribution in [3.8, 4) is 5.75 Å². The Labute approximate surface area is 135 Å². The van der Waals surface area contributed by atoms with E-state index in [0.717, 1.165) is 17.7 Å². The second-order valence-corrected chi connectivity index (χ2v) is 6.62. The van der Waals surface area contributed by atoms with Gasteiger partial charge < -0.3 is 4.74 Å². The van der Waals surface area contributed by atoms with Crippen LogP contribution in [0.5, 0.6) is 5.75 Å². The maximum atomic E-state index is 12.7. The highest BCUT2D eigenvalue weighted by Gasteiger charge is 2.53. The molecule has 1 fully saturated rings. The van der Waals surface area contributed by atoms with E-state index >= 15 is 0 Å². The first-order valence-corrected chi connectivity index (χ1v) is 8.04. The second-order valence-electron chi connectivity index (χ2n) is 6.15. The average molecular weight is 313 g/mol. The van der Waals surface area contributed by atoms with E-state index in [0.29, 0.717) is 0 Å². The van der Waals surface area contributed by atoms with Gasteiger partial charge in [-0.2, -0.15) is 0 Å². The summed E-state index contributed by atoms with van der Waals surface area (Å²) in [6.07, 6.45) is 0.836. The number of fused-ring (bicyclic) bond motifs is 4. The van der Waals surface area contributed by atoms with Crippen LogP contribution in [-0.4, -0.2) is 18.3 Å². The molecule has 1 unspecified atom stereocenters. The lowest BCUT2D eigenvalue weighted by atomic mass is 9.71. The SMILES string of the molecule is COc1ccc2c(c1)C[C@@H]1C(c3ccccc3)[C@H]2C(=O)[C@@H]1Cl. The molecule has 0 radical (unpaired) electrons. The van der Waals surface area contributed by atoms with Crippen molar-refractivity contribution < 1.29 is 9.53 Å². The van der Waals surface area contributed by atoms with Crippen molar-refractivity contribution in [1.29, 1.82) is 0 Å². The Bertz CT molecular complexity index is 725. The molecule has 3 heteroatoms. The van der Waals surface area contributed by atoms with Crippen molar-refractivity contribution in [3.63, 3.8) is 0 Å². The Balaban J connectivity index is 1.85. The van der Waals surface area contributed by atoms with Gasteiger partial charge in [0, 0.05) is 5.92 Å². The minimum atomic E-state index is -0.395. The third kappa shape index (κ3) is 1.90. The first-order chi connectivity index (χ1) is 10.7. The van der Waals surface area contributed by atoms with Crippen molar-refractivity contribution >= 4 is 17.4 Å². The van der Waals surface area contributed by atoms with E-state index < -0.39 is 5.38 Å². The molecule has 2 aliphatic rings. The fourth-order valence-electron chi connectivity index (χ4n) is 4.12. The summed E-state index contributed by atoms with van der Waals surface area (Å²) in [7, 11) is 1.67. The Kier molecular flexibility index (Phi) is 3.23. The largest absolute Gasteiger partial charge is 0.497 e. The number of carbonyl (C=O) groups is 1. The molecule has 22 heavy (non-hydrogen) atoms. The number of ketones is 1. The van der Waals surface area contributed by atoms with Gasteiger partial charge in [0.25, 0.3) is 0 Å². The first-order valence-electron chi connectivity index (χ1n) is 7.60. The van der Waals surface area contributed by atoms with Crippen LogP contribution in [0, 0.1) is 5.92 Å². The maximum absolute atomic E-state index is 12.7. The van der Waals surface area contributed by atoms with E-state index in [-0.39, 0.29) is 23.5 Å². The Morgan fingerprint density at radius 2 is 1.91 bits per heavy atom. The van der Waals surface area contributed by atoms with Crippen LogP contribution in [0.25, 0.3) is 0 Å². The van der Waals surface area contributed by atoms with Gasteiger partial charge in [0.2, 0.25) is 0 Å². The third-order valence-electron chi connectivity index (χ3n) is 5.10. The van der Waals surface area contributed by atoms with Gasteiger partial charge in [-0.1, -0.05) is 36.4 Å². The van der Waals surface area contributed by atoms with Crippen molar-refractivity contribution in [2.45, 2.75) is 23.6 Å². The summed E-state index contributed by atoms with van der Waals surface area (Å²) in [5, 5.41) is -0.395. The summed E-state index contributed by atoms with van der Waals surface area (Å²) < 4.78 is 5.32. The summed E-state index contributed by atoms with van der Waals surface area (Å²) >= 11 is 6.49. The molecule has 1 saturated carbocycles. The smallest absolute Gasteiger partial charge is 0.159 e. The molecular weight excluding hydrogens is 296 g/mol. The molecule has 2 bridgehead atoms. The number of hydrogen-bond acceptors (Lipinski definition) is 2. The van der Waals surface area contributed by atoms with Gasteiger partial charge in [0.05, 0.1) is 18.4 Å². The number of carbonyl (C=O) groups excluding carboxylic acids is 1. The quantitative estimate of drug-likeness (QED) is 0.786. The molecule has 0 spiro atoms. The molecule has 112 valence electrons. The minimum absolute atomic E-state index is 0.121. The highest BCUT2D eigenvalue weighted by atomic mass is 35.5. The molecule has 0 aromatic heterocycles. The van der Waals surface area contributed by atoms with E-state index in [4.69, 9.17) is 16.3 Å². The predicted molar refractivity (Wildman–Crippen MR) is 86.8 cm³/mol. The summed E-state index contributed by atoms with van der Waals surface area (Å²) in [5.41, 5.74) is 3.55. The molecule has 0 aliphatic heterocycles. The van der Waals surface area contributed by atoms with Gasteiger partial charge in [-0.15, -0.1) is 11.6 Å². The predicted octanol–water partition coefficient (Wildman–Crippen LogP) is 3.93. The normalized spacial score (nSPS) is 29.3. The highest BCUT2D eigenvalue weighted by Crippen LogP contribution is 2.55. The summed E-state index contributed by atoms with van der Waals surface area (Å²) in [4.78, 5) is 12.7. The minimum Gasteiger partial charge on any atom is -0.497 e. The van der Waals surface area contributed by atoms with E-state index in [9.17, 15) is 4.79 Å². The van der Waals surface area contributed by atoms with Crippen molar-refractivity contribution in [2.75, 3.05) is 7.11 Å². The Morgan fingerprint density at radius 3 is 2.64 bits per heavy atom. The Morgan fingerprint density at radius 1 is 1.14 bits per heavy atom. The molecule has 2 aromatic carbocycles. The van der Waals surface area contributed by atoms with E-state index in [1.54, 1.807) is 7.11 Å². The second kappa shape index (κ2) is 5.13. The lowest BCUT2D eigenvalue weighted by Crippen LogP contribution is -2.23. The van der Waals surface area contributed by atoms with E-state index in [2.05, 4.69) is 18.2 Å². The maximum Gasteiger partial charge on any atom is 0.159 e. The van der Waals surface area contributed by atoms with Crippen LogP contribution < -0.4 is 4.74 Å². The molecule has 0 amide bonds. The molecule has 2 nitrogen and oxygen atoms in total. The monoisotopic (exact) mass is 312 g/mol. The molecule has 2 aromatic rings. The molecule has 2 aliphatic carbocycles. The lowest BCUT2D eigenvalue weighted by molar-refractivity contribution is -0.118. The number of benzene rings is 2. The van der Waals surface area contributed by atoms with Gasteiger partial charge in [-0.3, -0.25) is 4.79 Å². The highest BCUT2D eigenvalue weighted by molar-refractivity contribution is 6.33. The van der Waals surface area contributed by atoms with Crippen LogP contribution in [-0.2, 0) is 11.2 Å². The Hall–Kier alpha value is -1.80.